The third-order valence-electron chi connectivity index (χ3n) is 6.24. The Balaban J connectivity index is 1.88. The van der Waals surface area contributed by atoms with Crippen LogP contribution in [0.4, 0.5) is 0 Å². The van der Waals surface area contributed by atoms with Crippen molar-refractivity contribution in [3.63, 3.8) is 0 Å². The first-order valence-electron chi connectivity index (χ1n) is 10.3. The van der Waals surface area contributed by atoms with E-state index in [1.54, 1.807) is 0 Å². The minimum absolute atomic E-state index is 0.271. The molecule has 5 unspecified atom stereocenters. The molecule has 23 heavy (non-hydrogen) atoms. The Morgan fingerprint density at radius 2 is 1.35 bits per heavy atom. The van der Waals surface area contributed by atoms with Gasteiger partial charge in [-0.15, -0.1) is 0 Å². The van der Waals surface area contributed by atoms with E-state index < -0.39 is 0 Å². The maximum Gasteiger partial charge on any atom is 0.223 e. The van der Waals surface area contributed by atoms with Gasteiger partial charge in [0.05, 0.1) is 0 Å². The Labute approximate surface area is 144 Å². The largest absolute Gasteiger partial charge is 0.353 e. The zero-order valence-electron chi connectivity index (χ0n) is 15.8. The fourth-order valence-electron chi connectivity index (χ4n) is 4.62. The molecule has 2 saturated carbocycles. The van der Waals surface area contributed by atoms with Crippen LogP contribution in [0.15, 0.2) is 0 Å². The summed E-state index contributed by atoms with van der Waals surface area (Å²) in [6.45, 7) is 7.09. The second kappa shape index (κ2) is 9.69. The summed E-state index contributed by atoms with van der Waals surface area (Å²) in [7, 11) is 0. The highest BCUT2D eigenvalue weighted by Gasteiger charge is 2.25. The molecule has 0 radical (unpaired) electrons. The summed E-state index contributed by atoms with van der Waals surface area (Å²) >= 11 is 0. The smallest absolute Gasteiger partial charge is 0.223 e. The van der Waals surface area contributed by atoms with Crippen molar-refractivity contribution in [3.8, 4) is 0 Å². The number of amides is 1. The second-order valence-electron chi connectivity index (χ2n) is 8.84. The third kappa shape index (κ3) is 6.85. The highest BCUT2D eigenvalue weighted by molar-refractivity contribution is 5.78. The molecule has 0 aliphatic heterocycles. The number of hydrogen-bond donors (Lipinski definition) is 1. The number of hydrogen-bond acceptors (Lipinski definition) is 1. The molecule has 2 fully saturated rings. The predicted octanol–water partition coefficient (Wildman–Crippen LogP) is 5.70. The van der Waals surface area contributed by atoms with Crippen LogP contribution in [0, 0.1) is 23.7 Å². The lowest BCUT2D eigenvalue weighted by molar-refractivity contribution is -0.126. The van der Waals surface area contributed by atoms with Crippen LogP contribution in [0.3, 0.4) is 0 Å². The van der Waals surface area contributed by atoms with Gasteiger partial charge in [0, 0.05) is 12.0 Å². The molecule has 2 rings (SSSR count). The lowest BCUT2D eigenvalue weighted by Crippen LogP contribution is -2.40. The Hall–Kier alpha value is -0.530. The molecular weight excluding hydrogens is 282 g/mol. The molecule has 0 saturated heterocycles. The Kier molecular flexibility index (Phi) is 7.92. The van der Waals surface area contributed by atoms with Crippen molar-refractivity contribution >= 4 is 5.91 Å². The van der Waals surface area contributed by atoms with E-state index in [4.69, 9.17) is 0 Å². The van der Waals surface area contributed by atoms with E-state index in [-0.39, 0.29) is 5.92 Å². The van der Waals surface area contributed by atoms with Gasteiger partial charge in [0.1, 0.15) is 0 Å². The zero-order valence-corrected chi connectivity index (χ0v) is 15.8. The third-order valence-corrected chi connectivity index (χ3v) is 6.24. The first-order chi connectivity index (χ1) is 11.0. The molecule has 1 N–H and O–H groups in total. The van der Waals surface area contributed by atoms with E-state index in [0.717, 1.165) is 24.7 Å². The van der Waals surface area contributed by atoms with Gasteiger partial charge in [0.15, 0.2) is 0 Å². The monoisotopic (exact) mass is 321 g/mol. The average Bonchev–Trinajstić information content (AvgIpc) is 2.55. The maximum atomic E-state index is 12.8. The van der Waals surface area contributed by atoms with E-state index in [1.807, 2.05) is 0 Å². The fraction of sp³-hybridized carbons (Fsp3) is 0.952. The maximum absolute atomic E-state index is 12.8. The van der Waals surface area contributed by atoms with Crippen LogP contribution in [0.5, 0.6) is 0 Å². The Morgan fingerprint density at radius 1 is 0.696 bits per heavy atom. The first kappa shape index (κ1) is 18.8. The average molecular weight is 322 g/mol. The van der Waals surface area contributed by atoms with Crippen LogP contribution in [-0.4, -0.2) is 11.9 Å². The van der Waals surface area contributed by atoms with Gasteiger partial charge in [-0.25, -0.2) is 0 Å². The lowest BCUT2D eigenvalue weighted by atomic mass is 9.84. The summed E-state index contributed by atoms with van der Waals surface area (Å²) in [6.07, 6.45) is 15.1. The van der Waals surface area contributed by atoms with Gasteiger partial charge in [0.2, 0.25) is 5.91 Å². The summed E-state index contributed by atoms with van der Waals surface area (Å²) in [5.41, 5.74) is 0. The Bertz CT molecular complexity index is 354. The van der Waals surface area contributed by atoms with Crippen LogP contribution in [0.2, 0.25) is 0 Å². The molecule has 0 aromatic rings. The van der Waals surface area contributed by atoms with Gasteiger partial charge in [-0.1, -0.05) is 72.1 Å². The van der Waals surface area contributed by atoms with Gasteiger partial charge in [-0.3, -0.25) is 4.79 Å². The van der Waals surface area contributed by atoms with Crippen LogP contribution < -0.4 is 5.32 Å². The molecular formula is C21H39NO. The molecule has 2 aliphatic carbocycles. The molecule has 0 aromatic heterocycles. The number of carbonyl (C=O) groups excluding carboxylic acids is 1. The van der Waals surface area contributed by atoms with E-state index in [0.29, 0.717) is 17.9 Å². The summed E-state index contributed by atoms with van der Waals surface area (Å²) in [5.74, 6) is 2.96. The molecule has 134 valence electrons. The Morgan fingerprint density at radius 3 is 2.17 bits per heavy atom. The summed E-state index contributed by atoms with van der Waals surface area (Å²) in [4.78, 5) is 12.8. The van der Waals surface area contributed by atoms with Crippen LogP contribution in [0.1, 0.15) is 97.8 Å². The van der Waals surface area contributed by atoms with E-state index in [9.17, 15) is 4.79 Å². The van der Waals surface area contributed by atoms with Crippen LogP contribution >= 0.6 is 0 Å². The van der Waals surface area contributed by atoms with Crippen molar-refractivity contribution < 1.29 is 4.79 Å². The minimum atomic E-state index is 0.271. The van der Waals surface area contributed by atoms with Crippen LogP contribution in [0.25, 0.3) is 0 Å². The van der Waals surface area contributed by atoms with Gasteiger partial charge in [-0.2, -0.15) is 0 Å². The minimum Gasteiger partial charge on any atom is -0.353 e. The van der Waals surface area contributed by atoms with Crippen molar-refractivity contribution in [2.24, 2.45) is 23.7 Å². The summed E-state index contributed by atoms with van der Waals surface area (Å²) in [6, 6.07) is 0.420. The topological polar surface area (TPSA) is 29.1 Å². The van der Waals surface area contributed by atoms with E-state index in [2.05, 4.69) is 26.1 Å². The van der Waals surface area contributed by atoms with E-state index >= 15 is 0 Å². The molecule has 0 bridgehead atoms. The summed E-state index contributed by atoms with van der Waals surface area (Å²) < 4.78 is 0. The predicted molar refractivity (Wildman–Crippen MR) is 98.3 cm³/mol. The van der Waals surface area contributed by atoms with Crippen molar-refractivity contribution in [2.45, 2.75) is 104 Å². The molecule has 2 aliphatic rings. The molecule has 5 atom stereocenters. The zero-order chi connectivity index (χ0) is 16.7. The van der Waals surface area contributed by atoms with Crippen LogP contribution in [-0.2, 0) is 4.79 Å². The van der Waals surface area contributed by atoms with Gasteiger partial charge in [-0.05, 0) is 43.4 Å². The van der Waals surface area contributed by atoms with Gasteiger partial charge in [0.25, 0.3) is 0 Å². The van der Waals surface area contributed by atoms with Crippen molar-refractivity contribution in [3.05, 3.63) is 0 Å². The van der Waals surface area contributed by atoms with Crippen molar-refractivity contribution in [2.75, 3.05) is 0 Å². The first-order valence-corrected chi connectivity index (χ1v) is 10.3. The standard InChI is InChI=1S/C21H39NO/c1-16-9-7-11-20(15-18(3)13-12-16)22-21(23)19-10-6-4-5-8-17(2)14-19/h16-20H,4-15H2,1-3H3,(H,22,23). The van der Waals surface area contributed by atoms with Gasteiger partial charge < -0.3 is 5.32 Å². The molecule has 0 aromatic carbocycles. The molecule has 1 amide bonds. The fourth-order valence-corrected chi connectivity index (χ4v) is 4.62. The lowest BCUT2D eigenvalue weighted by Gasteiger charge is -2.27. The molecule has 2 heteroatoms. The normalized spacial score (nSPS) is 37.6. The molecule has 2 nitrogen and oxygen atoms in total. The number of nitrogens with one attached hydrogen (secondary N) is 1. The molecule has 0 heterocycles. The quantitative estimate of drug-likeness (QED) is 0.694. The highest BCUT2D eigenvalue weighted by atomic mass is 16.1. The van der Waals surface area contributed by atoms with Crippen molar-refractivity contribution in [1.82, 2.24) is 5.32 Å². The molecule has 0 spiro atoms. The van der Waals surface area contributed by atoms with Gasteiger partial charge >= 0.3 is 0 Å². The number of carbonyl (C=O) groups is 1. The number of rotatable bonds is 2. The second-order valence-corrected chi connectivity index (χ2v) is 8.84. The van der Waals surface area contributed by atoms with Crippen molar-refractivity contribution in [1.29, 1.82) is 0 Å². The summed E-state index contributed by atoms with van der Waals surface area (Å²) in [5, 5.41) is 3.46. The van der Waals surface area contributed by atoms with E-state index in [1.165, 1.54) is 64.2 Å². The SMILES string of the molecule is CC1CCCC(NC(=O)C2CCCCCC(C)C2)CC(C)CC1. The highest BCUT2D eigenvalue weighted by Crippen LogP contribution is 2.28.